The van der Waals surface area contributed by atoms with E-state index in [0.29, 0.717) is 17.8 Å². The molecule has 0 saturated heterocycles. The fraction of sp³-hybridized carbons (Fsp3) is 0.155. The Morgan fingerprint density at radius 3 is 1.80 bits per heavy atom. The first-order valence-electron chi connectivity index (χ1n) is 21.6. The van der Waals surface area contributed by atoms with Crippen molar-refractivity contribution in [3.63, 3.8) is 0 Å². The maximum Gasteiger partial charge on any atom is 0.0540 e. The molecule has 2 nitrogen and oxygen atoms in total. The van der Waals surface area contributed by atoms with E-state index in [1.807, 2.05) is 12.4 Å². The summed E-state index contributed by atoms with van der Waals surface area (Å²) in [5, 5.41) is 0. The van der Waals surface area contributed by atoms with Crippen LogP contribution in [0.15, 0.2) is 206 Å². The minimum atomic E-state index is -0.274. The molecule has 1 saturated carbocycles. The molecule has 4 unspecified atom stereocenters. The van der Waals surface area contributed by atoms with Crippen molar-refractivity contribution in [1.82, 2.24) is 4.98 Å². The molecule has 4 atom stereocenters. The molecule has 11 rings (SSSR count). The summed E-state index contributed by atoms with van der Waals surface area (Å²) in [5.74, 6) is 1.78. The van der Waals surface area contributed by atoms with Gasteiger partial charge in [-0.2, -0.15) is 0 Å². The molecule has 2 bridgehead atoms. The third-order valence-corrected chi connectivity index (χ3v) is 13.8. The van der Waals surface area contributed by atoms with Gasteiger partial charge in [0.1, 0.15) is 0 Å². The zero-order chi connectivity index (χ0) is 40.2. The third kappa shape index (κ3) is 6.04. The Morgan fingerprint density at radius 2 is 1.08 bits per heavy atom. The van der Waals surface area contributed by atoms with Crippen LogP contribution < -0.4 is 4.90 Å². The quantitative estimate of drug-likeness (QED) is 0.150. The minimum absolute atomic E-state index is 0.274. The topological polar surface area (TPSA) is 16.1 Å². The van der Waals surface area contributed by atoms with Gasteiger partial charge in [-0.1, -0.05) is 152 Å². The Kier molecular flexibility index (Phi) is 8.96. The van der Waals surface area contributed by atoms with Crippen molar-refractivity contribution >= 4 is 17.1 Å². The molecular formula is C58H48N2. The summed E-state index contributed by atoms with van der Waals surface area (Å²) in [4.78, 5) is 7.02. The van der Waals surface area contributed by atoms with Crippen LogP contribution >= 0.6 is 0 Å². The number of para-hydroxylation sites is 1. The number of hydrogen-bond acceptors (Lipinski definition) is 2. The van der Waals surface area contributed by atoms with Crippen LogP contribution in [0.5, 0.6) is 0 Å². The van der Waals surface area contributed by atoms with Gasteiger partial charge in [0.2, 0.25) is 0 Å². The number of aromatic nitrogens is 1. The van der Waals surface area contributed by atoms with Crippen LogP contribution in [-0.4, -0.2) is 4.98 Å². The predicted octanol–water partition coefficient (Wildman–Crippen LogP) is 15.5. The third-order valence-electron chi connectivity index (χ3n) is 13.8. The fourth-order valence-corrected chi connectivity index (χ4v) is 11.1. The predicted molar refractivity (Wildman–Crippen MR) is 251 cm³/mol. The molecule has 7 aromatic carbocycles. The van der Waals surface area contributed by atoms with Crippen LogP contribution in [0.3, 0.4) is 0 Å². The normalized spacial score (nSPS) is 20.0. The molecule has 0 radical (unpaired) electrons. The van der Waals surface area contributed by atoms with Gasteiger partial charge in [-0.05, 0) is 154 Å². The smallest absolute Gasteiger partial charge is 0.0540 e. The zero-order valence-electron chi connectivity index (χ0n) is 34.3. The van der Waals surface area contributed by atoms with Crippen molar-refractivity contribution < 1.29 is 0 Å². The van der Waals surface area contributed by atoms with E-state index in [0.717, 1.165) is 17.1 Å². The van der Waals surface area contributed by atoms with Crippen molar-refractivity contribution in [3.05, 3.63) is 217 Å². The van der Waals surface area contributed by atoms with Gasteiger partial charge < -0.3 is 4.90 Å². The summed E-state index contributed by atoms with van der Waals surface area (Å²) in [6.07, 6.45) is 10.3. The first kappa shape index (κ1) is 36.3. The van der Waals surface area contributed by atoms with Gasteiger partial charge in [-0.25, -0.2) is 0 Å². The number of nitrogens with zero attached hydrogens (tertiary/aromatic N) is 2. The minimum Gasteiger partial charge on any atom is -0.310 e. The summed E-state index contributed by atoms with van der Waals surface area (Å²) in [5.41, 5.74) is 20.1. The van der Waals surface area contributed by atoms with Crippen LogP contribution in [0.1, 0.15) is 44.2 Å². The lowest BCUT2D eigenvalue weighted by molar-refractivity contribution is 0.168. The molecule has 0 N–H and O–H groups in total. The van der Waals surface area contributed by atoms with Gasteiger partial charge in [0.25, 0.3) is 0 Å². The van der Waals surface area contributed by atoms with Crippen molar-refractivity contribution in [2.24, 2.45) is 17.8 Å². The van der Waals surface area contributed by atoms with Gasteiger partial charge in [0.15, 0.2) is 0 Å². The maximum atomic E-state index is 4.51. The number of fused-ring (bicyclic) bond motifs is 8. The van der Waals surface area contributed by atoms with E-state index in [1.165, 1.54) is 86.0 Å². The van der Waals surface area contributed by atoms with Crippen LogP contribution in [0.4, 0.5) is 17.1 Å². The number of allylic oxidation sites excluding steroid dienone is 2. The molecule has 290 valence electrons. The number of hydrogen-bond donors (Lipinski definition) is 0. The molecule has 1 fully saturated rings. The highest BCUT2D eigenvalue weighted by Gasteiger charge is 2.53. The van der Waals surface area contributed by atoms with E-state index in [1.54, 1.807) is 5.57 Å². The highest BCUT2D eigenvalue weighted by Crippen LogP contribution is 2.64. The molecular weight excluding hydrogens is 725 g/mol. The van der Waals surface area contributed by atoms with Gasteiger partial charge in [0, 0.05) is 34.7 Å². The molecule has 2 heteroatoms. The summed E-state index contributed by atoms with van der Waals surface area (Å²) >= 11 is 0. The first-order chi connectivity index (χ1) is 29.5. The van der Waals surface area contributed by atoms with E-state index in [-0.39, 0.29) is 5.41 Å². The number of rotatable bonds is 7. The maximum absolute atomic E-state index is 4.51. The van der Waals surface area contributed by atoms with Crippen LogP contribution in [0.2, 0.25) is 0 Å². The second kappa shape index (κ2) is 14.8. The Balaban J connectivity index is 1.21. The molecule has 60 heavy (non-hydrogen) atoms. The average molecular weight is 773 g/mol. The highest BCUT2D eigenvalue weighted by atomic mass is 15.1. The molecule has 0 amide bonds. The van der Waals surface area contributed by atoms with Crippen LogP contribution in [0, 0.1) is 17.8 Å². The Bertz CT molecular complexity index is 2860. The Labute approximate surface area is 354 Å². The van der Waals surface area contributed by atoms with Gasteiger partial charge in [-0.3, -0.25) is 4.98 Å². The lowest BCUT2D eigenvalue weighted by Crippen LogP contribution is -2.42. The Morgan fingerprint density at radius 1 is 0.483 bits per heavy atom. The first-order valence-corrected chi connectivity index (χ1v) is 21.6. The van der Waals surface area contributed by atoms with Gasteiger partial charge >= 0.3 is 0 Å². The summed E-state index contributed by atoms with van der Waals surface area (Å²) in [6.45, 7) is 4.91. The molecule has 1 heterocycles. The van der Waals surface area contributed by atoms with Crippen molar-refractivity contribution in [2.45, 2.75) is 38.5 Å². The van der Waals surface area contributed by atoms with Crippen molar-refractivity contribution in [1.29, 1.82) is 0 Å². The lowest BCUT2D eigenvalue weighted by Gasteiger charge is -2.49. The average Bonchev–Trinajstić information content (AvgIpc) is 3.58. The van der Waals surface area contributed by atoms with E-state index >= 15 is 0 Å². The Hall–Kier alpha value is -6.77. The molecule has 3 aliphatic rings. The summed E-state index contributed by atoms with van der Waals surface area (Å²) in [7, 11) is 0. The molecule has 1 aromatic heterocycles. The fourth-order valence-electron chi connectivity index (χ4n) is 11.1. The lowest BCUT2D eigenvalue weighted by atomic mass is 9.55. The zero-order valence-corrected chi connectivity index (χ0v) is 34.3. The van der Waals surface area contributed by atoms with Crippen molar-refractivity contribution in [3.8, 4) is 55.6 Å². The van der Waals surface area contributed by atoms with Gasteiger partial charge in [0.05, 0.1) is 5.69 Å². The molecule has 1 spiro atoms. The second-order valence-electron chi connectivity index (χ2n) is 17.4. The summed E-state index contributed by atoms with van der Waals surface area (Å²) in [6, 6.07) is 67.3. The van der Waals surface area contributed by atoms with E-state index < -0.39 is 0 Å². The SMILES string of the molecule is CC1=CC2(c3cc(-c4ccccc4)ccc3-c3c(-c4ccncc4)cc(N(c4ccc(-c5ccccc5)cc4)c4ccccc4-c4ccccc4)cc32)C2CC(C)CC1C2. The monoisotopic (exact) mass is 772 g/mol. The van der Waals surface area contributed by atoms with E-state index in [4.69, 9.17) is 0 Å². The highest BCUT2D eigenvalue weighted by molar-refractivity contribution is 5.99. The number of benzene rings is 7. The van der Waals surface area contributed by atoms with Crippen LogP contribution in [0.25, 0.3) is 55.6 Å². The van der Waals surface area contributed by atoms with Crippen molar-refractivity contribution in [2.75, 3.05) is 4.90 Å². The van der Waals surface area contributed by atoms with Crippen LogP contribution in [-0.2, 0) is 5.41 Å². The van der Waals surface area contributed by atoms with E-state index in [2.05, 4.69) is 212 Å². The molecule has 3 aliphatic carbocycles. The molecule has 0 aliphatic heterocycles. The van der Waals surface area contributed by atoms with Gasteiger partial charge in [-0.15, -0.1) is 0 Å². The number of anilines is 3. The largest absolute Gasteiger partial charge is 0.310 e. The standard InChI is InChI=1S/C58H48N2/c1-39-32-47-34-48(33-39)58(38-40(47)2)54-35-46(42-16-8-4-9-17-42)24-27-52(54)57-53(45-28-30-59-31-29-45)36-50(37-55(57)58)60(49-25-22-43(23-26-49)41-14-6-3-7-15-41)56-21-13-12-20-51(56)44-18-10-5-11-19-44/h3-31,35-39,47-48H,32-34H2,1-2H3. The second-order valence-corrected chi connectivity index (χ2v) is 17.4. The molecule has 8 aromatic rings. The van der Waals surface area contributed by atoms with E-state index in [9.17, 15) is 0 Å². The summed E-state index contributed by atoms with van der Waals surface area (Å²) < 4.78 is 0. The number of pyridine rings is 1.